The molecular formula is C17H23N5O. The summed E-state index contributed by atoms with van der Waals surface area (Å²) < 4.78 is 0. The zero-order valence-electron chi connectivity index (χ0n) is 13.3. The first-order valence-electron chi connectivity index (χ1n) is 8.43. The summed E-state index contributed by atoms with van der Waals surface area (Å²) in [5, 5.41) is 8.26. The molecule has 23 heavy (non-hydrogen) atoms. The number of aromatic nitrogens is 2. The van der Waals surface area contributed by atoms with E-state index >= 15 is 0 Å². The van der Waals surface area contributed by atoms with Crippen LogP contribution in [0.1, 0.15) is 24.0 Å². The van der Waals surface area contributed by atoms with Crippen LogP contribution in [0.15, 0.2) is 18.3 Å². The van der Waals surface area contributed by atoms with E-state index in [9.17, 15) is 4.79 Å². The molecule has 0 radical (unpaired) electrons. The molecule has 1 aromatic heterocycles. The lowest BCUT2D eigenvalue weighted by Crippen LogP contribution is -2.45. The Labute approximate surface area is 135 Å². The second-order valence-electron chi connectivity index (χ2n) is 6.65. The Morgan fingerprint density at radius 2 is 2.09 bits per heavy atom. The number of carbonyl (C=O) groups excluding carboxylic acids is 1. The minimum Gasteiger partial charge on any atom is -0.336 e. The predicted octanol–water partition coefficient (Wildman–Crippen LogP) is 0.871. The van der Waals surface area contributed by atoms with Crippen LogP contribution >= 0.6 is 0 Å². The number of nitrogens with one attached hydrogen (secondary N) is 1. The van der Waals surface area contributed by atoms with Crippen LogP contribution in [0.3, 0.4) is 0 Å². The largest absolute Gasteiger partial charge is 0.336 e. The van der Waals surface area contributed by atoms with Gasteiger partial charge in [0.15, 0.2) is 0 Å². The zero-order valence-corrected chi connectivity index (χ0v) is 13.3. The highest BCUT2D eigenvalue weighted by molar-refractivity contribution is 5.87. The van der Waals surface area contributed by atoms with Gasteiger partial charge in [0.1, 0.15) is 0 Å². The van der Waals surface area contributed by atoms with Gasteiger partial charge < -0.3 is 15.5 Å². The molecule has 1 saturated heterocycles. The van der Waals surface area contributed by atoms with Gasteiger partial charge in [0.05, 0.1) is 17.8 Å². The molecule has 0 spiro atoms. The highest BCUT2D eigenvalue weighted by Gasteiger charge is 2.28. The molecule has 1 aromatic carbocycles. The smallest absolute Gasteiger partial charge is 0.240 e. The summed E-state index contributed by atoms with van der Waals surface area (Å²) in [6, 6.07) is 3.66. The van der Waals surface area contributed by atoms with E-state index in [1.165, 1.54) is 24.0 Å². The molecule has 122 valence electrons. The molecule has 1 atom stereocenters. The normalized spacial score (nSPS) is 22.6. The van der Waals surface area contributed by atoms with Crippen molar-refractivity contribution in [1.29, 1.82) is 0 Å². The minimum absolute atomic E-state index is 0.0667. The number of rotatable bonds is 3. The number of nitrogens with zero attached hydrogens (tertiary/aromatic N) is 3. The molecule has 3 heterocycles. The molecule has 2 aromatic rings. The number of fused-ring (bicyclic) bond motifs is 3. The van der Waals surface area contributed by atoms with Gasteiger partial charge in [-0.2, -0.15) is 5.10 Å². The van der Waals surface area contributed by atoms with E-state index in [-0.39, 0.29) is 5.91 Å². The first-order valence-corrected chi connectivity index (χ1v) is 8.43. The number of aromatic amines is 1. The maximum absolute atomic E-state index is 12.7. The van der Waals surface area contributed by atoms with Gasteiger partial charge in [0.25, 0.3) is 0 Å². The number of hydrogen-bond acceptors (Lipinski definition) is 4. The fraction of sp³-hybridized carbons (Fsp3) is 0.529. The second kappa shape index (κ2) is 5.94. The number of nitrogens with two attached hydrogens (primary N) is 1. The minimum atomic E-state index is -0.445. The van der Waals surface area contributed by atoms with E-state index in [1.54, 1.807) is 0 Å². The summed E-state index contributed by atoms with van der Waals surface area (Å²) in [7, 11) is 0. The van der Waals surface area contributed by atoms with Crippen molar-refractivity contribution in [3.8, 4) is 0 Å². The Bertz CT molecular complexity index is 719. The SMILES string of the molecule is N[C@@H]1Cc2ccc3[nH]ncc3c2CN(CCN2CCCC2)C1=O. The van der Waals surface area contributed by atoms with Crippen LogP contribution in [0.5, 0.6) is 0 Å². The quantitative estimate of drug-likeness (QED) is 0.881. The van der Waals surface area contributed by atoms with Crippen LogP contribution in [0.25, 0.3) is 10.9 Å². The lowest BCUT2D eigenvalue weighted by Gasteiger charge is -2.26. The summed E-state index contributed by atoms with van der Waals surface area (Å²) in [6.07, 6.45) is 5.00. The van der Waals surface area contributed by atoms with Crippen molar-refractivity contribution in [2.24, 2.45) is 5.73 Å². The molecule has 0 bridgehead atoms. The van der Waals surface area contributed by atoms with Crippen LogP contribution in [-0.2, 0) is 17.8 Å². The molecule has 2 aliphatic heterocycles. The monoisotopic (exact) mass is 313 g/mol. The lowest BCUT2D eigenvalue weighted by molar-refractivity contribution is -0.133. The first-order chi connectivity index (χ1) is 11.2. The molecule has 0 aliphatic carbocycles. The van der Waals surface area contributed by atoms with Crippen LogP contribution < -0.4 is 5.73 Å². The van der Waals surface area contributed by atoms with Crippen molar-refractivity contribution in [1.82, 2.24) is 20.0 Å². The summed E-state index contributed by atoms with van der Waals surface area (Å²) in [4.78, 5) is 17.0. The molecular weight excluding hydrogens is 290 g/mol. The molecule has 2 aliphatic rings. The summed E-state index contributed by atoms with van der Waals surface area (Å²) in [6.45, 7) is 4.62. The van der Waals surface area contributed by atoms with E-state index in [0.29, 0.717) is 13.0 Å². The Hall–Kier alpha value is -1.92. The van der Waals surface area contributed by atoms with Crippen molar-refractivity contribution in [3.63, 3.8) is 0 Å². The molecule has 6 heteroatoms. The number of likely N-dealkylation sites (tertiary alicyclic amines) is 1. The predicted molar refractivity (Wildman–Crippen MR) is 88.9 cm³/mol. The van der Waals surface area contributed by atoms with Gasteiger partial charge in [-0.05, 0) is 49.5 Å². The highest BCUT2D eigenvalue weighted by Crippen LogP contribution is 2.26. The topological polar surface area (TPSA) is 78.2 Å². The highest BCUT2D eigenvalue weighted by atomic mass is 16.2. The second-order valence-corrected chi connectivity index (χ2v) is 6.65. The zero-order chi connectivity index (χ0) is 15.8. The van der Waals surface area contributed by atoms with E-state index in [1.807, 2.05) is 17.2 Å². The number of hydrogen-bond donors (Lipinski definition) is 2. The van der Waals surface area contributed by atoms with E-state index in [4.69, 9.17) is 5.73 Å². The molecule has 1 fully saturated rings. The maximum atomic E-state index is 12.7. The van der Waals surface area contributed by atoms with E-state index < -0.39 is 6.04 Å². The molecule has 0 saturated carbocycles. The molecule has 3 N–H and O–H groups in total. The summed E-state index contributed by atoms with van der Waals surface area (Å²) >= 11 is 0. The molecule has 4 rings (SSSR count). The van der Waals surface area contributed by atoms with Gasteiger partial charge in [-0.3, -0.25) is 9.89 Å². The third kappa shape index (κ3) is 2.72. The standard InChI is InChI=1S/C17H23N5O/c18-15-9-12-3-4-16-13(10-19-20-16)14(12)11-22(17(15)23)8-7-21-5-1-2-6-21/h3-4,10,15H,1-2,5-9,11,18H2,(H,19,20)/t15-/m1/s1. The van der Waals surface area contributed by atoms with Crippen LogP contribution in [0.2, 0.25) is 0 Å². The fourth-order valence-electron chi connectivity index (χ4n) is 3.78. The van der Waals surface area contributed by atoms with E-state index in [0.717, 1.165) is 37.1 Å². The average Bonchev–Trinajstić information content (AvgIpc) is 3.21. The third-order valence-electron chi connectivity index (χ3n) is 5.14. The summed E-state index contributed by atoms with van der Waals surface area (Å²) in [5.41, 5.74) is 9.54. The Morgan fingerprint density at radius 1 is 1.26 bits per heavy atom. The van der Waals surface area contributed by atoms with Crippen molar-refractivity contribution >= 4 is 16.8 Å². The van der Waals surface area contributed by atoms with Gasteiger partial charge in [-0.25, -0.2) is 0 Å². The Balaban J connectivity index is 1.61. The van der Waals surface area contributed by atoms with Crippen molar-refractivity contribution in [3.05, 3.63) is 29.5 Å². The number of carbonyl (C=O) groups is 1. The first kappa shape index (κ1) is 14.7. The van der Waals surface area contributed by atoms with Crippen molar-refractivity contribution in [2.45, 2.75) is 31.8 Å². The van der Waals surface area contributed by atoms with E-state index in [2.05, 4.69) is 21.2 Å². The number of amides is 1. The van der Waals surface area contributed by atoms with Gasteiger partial charge in [0, 0.05) is 25.0 Å². The molecule has 1 amide bonds. The Morgan fingerprint density at radius 3 is 2.91 bits per heavy atom. The van der Waals surface area contributed by atoms with Crippen LogP contribution in [-0.4, -0.2) is 58.1 Å². The molecule has 0 unspecified atom stereocenters. The summed E-state index contributed by atoms with van der Waals surface area (Å²) in [5.74, 6) is 0.0667. The fourth-order valence-corrected chi connectivity index (χ4v) is 3.78. The van der Waals surface area contributed by atoms with Gasteiger partial charge in [0.2, 0.25) is 5.91 Å². The van der Waals surface area contributed by atoms with Crippen molar-refractivity contribution in [2.75, 3.05) is 26.2 Å². The van der Waals surface area contributed by atoms with Gasteiger partial charge in [-0.15, -0.1) is 0 Å². The number of benzene rings is 1. The van der Waals surface area contributed by atoms with Gasteiger partial charge >= 0.3 is 0 Å². The third-order valence-corrected chi connectivity index (χ3v) is 5.14. The lowest BCUT2D eigenvalue weighted by atomic mass is 9.99. The molecule has 6 nitrogen and oxygen atoms in total. The maximum Gasteiger partial charge on any atom is 0.240 e. The van der Waals surface area contributed by atoms with Crippen molar-refractivity contribution < 1.29 is 4.79 Å². The Kier molecular flexibility index (Phi) is 3.79. The number of H-pyrrole nitrogens is 1. The van der Waals surface area contributed by atoms with Gasteiger partial charge in [-0.1, -0.05) is 6.07 Å². The average molecular weight is 313 g/mol. The van der Waals surface area contributed by atoms with Crippen LogP contribution in [0.4, 0.5) is 0 Å². The van der Waals surface area contributed by atoms with Crippen LogP contribution in [0, 0.1) is 0 Å².